The van der Waals surface area contributed by atoms with Crippen LogP contribution in [0.1, 0.15) is 5.56 Å². The molecule has 0 unspecified atom stereocenters. The Hall–Kier alpha value is -0.810. The number of hydrogen-bond acceptors (Lipinski definition) is 2. The van der Waals surface area contributed by atoms with Gasteiger partial charge in [0, 0.05) is 22.8 Å². The number of rotatable bonds is 0. The van der Waals surface area contributed by atoms with Crippen LogP contribution in [-0.4, -0.2) is 9.78 Å². The molecule has 0 bridgehead atoms. The van der Waals surface area contributed by atoms with Gasteiger partial charge in [0.25, 0.3) is 0 Å². The van der Waals surface area contributed by atoms with Crippen molar-refractivity contribution in [3.05, 3.63) is 38.9 Å². The van der Waals surface area contributed by atoms with Gasteiger partial charge in [-0.15, -0.1) is 0 Å². The summed E-state index contributed by atoms with van der Waals surface area (Å²) in [5.41, 5.74) is 2.48. The molecule has 1 aliphatic rings. The SMILES string of the molecule is Brc1ccc2c(c1)CCn1nc(Br)cc1N2. The molecule has 1 aromatic carbocycles. The van der Waals surface area contributed by atoms with Gasteiger partial charge in [0.1, 0.15) is 10.4 Å². The molecule has 0 saturated carbocycles. The van der Waals surface area contributed by atoms with Crippen molar-refractivity contribution in [2.45, 2.75) is 13.0 Å². The van der Waals surface area contributed by atoms with E-state index in [9.17, 15) is 0 Å². The normalized spacial score (nSPS) is 13.6. The Kier molecular flexibility index (Phi) is 2.52. The summed E-state index contributed by atoms with van der Waals surface area (Å²) in [7, 11) is 0. The van der Waals surface area contributed by atoms with E-state index in [1.165, 1.54) is 5.56 Å². The highest BCUT2D eigenvalue weighted by Gasteiger charge is 2.14. The molecule has 0 radical (unpaired) electrons. The molecular formula is C11H9Br2N3. The fourth-order valence-electron chi connectivity index (χ4n) is 1.91. The van der Waals surface area contributed by atoms with Crippen molar-refractivity contribution in [1.82, 2.24) is 9.78 Å². The fraction of sp³-hybridized carbons (Fsp3) is 0.182. The summed E-state index contributed by atoms with van der Waals surface area (Å²) < 4.78 is 3.97. The van der Waals surface area contributed by atoms with E-state index >= 15 is 0 Å². The van der Waals surface area contributed by atoms with E-state index in [2.05, 4.69) is 54.4 Å². The van der Waals surface area contributed by atoms with Crippen molar-refractivity contribution >= 4 is 43.4 Å². The lowest BCUT2D eigenvalue weighted by molar-refractivity contribution is 0.626. The summed E-state index contributed by atoms with van der Waals surface area (Å²) in [6.07, 6.45) is 0.989. The Morgan fingerprint density at radius 2 is 2.12 bits per heavy atom. The molecule has 5 heteroatoms. The van der Waals surface area contributed by atoms with Crippen molar-refractivity contribution in [3.63, 3.8) is 0 Å². The second-order valence-corrected chi connectivity index (χ2v) is 5.48. The van der Waals surface area contributed by atoms with E-state index in [-0.39, 0.29) is 0 Å². The highest BCUT2D eigenvalue weighted by atomic mass is 79.9. The average molecular weight is 343 g/mol. The van der Waals surface area contributed by atoms with Gasteiger partial charge in [-0.2, -0.15) is 5.10 Å². The second kappa shape index (κ2) is 3.89. The van der Waals surface area contributed by atoms with Crippen LogP contribution in [0.4, 0.5) is 11.5 Å². The van der Waals surface area contributed by atoms with Crippen molar-refractivity contribution in [1.29, 1.82) is 0 Å². The fourth-order valence-corrected chi connectivity index (χ4v) is 2.73. The van der Waals surface area contributed by atoms with Crippen molar-refractivity contribution in [2.75, 3.05) is 5.32 Å². The molecule has 1 aromatic heterocycles. The van der Waals surface area contributed by atoms with Gasteiger partial charge in [0.2, 0.25) is 0 Å². The highest BCUT2D eigenvalue weighted by molar-refractivity contribution is 9.10. The smallest absolute Gasteiger partial charge is 0.130 e. The third-order valence-corrected chi connectivity index (χ3v) is 3.55. The molecule has 2 heterocycles. The molecular weight excluding hydrogens is 334 g/mol. The van der Waals surface area contributed by atoms with Crippen LogP contribution < -0.4 is 5.32 Å². The Morgan fingerprint density at radius 3 is 3.00 bits per heavy atom. The molecule has 1 aliphatic heterocycles. The molecule has 0 saturated heterocycles. The quantitative estimate of drug-likeness (QED) is 0.791. The molecule has 0 amide bonds. The van der Waals surface area contributed by atoms with Gasteiger partial charge in [0.15, 0.2) is 0 Å². The molecule has 0 aliphatic carbocycles. The molecule has 82 valence electrons. The maximum atomic E-state index is 4.38. The number of anilines is 2. The minimum atomic E-state index is 0.871. The van der Waals surface area contributed by atoms with Gasteiger partial charge in [-0.05, 0) is 46.1 Å². The molecule has 3 rings (SSSR count). The van der Waals surface area contributed by atoms with Crippen molar-refractivity contribution in [3.8, 4) is 0 Å². The van der Waals surface area contributed by atoms with E-state index < -0.39 is 0 Å². The lowest BCUT2D eigenvalue weighted by Gasteiger charge is -2.06. The number of hydrogen-bond donors (Lipinski definition) is 1. The van der Waals surface area contributed by atoms with Crippen LogP contribution in [0.5, 0.6) is 0 Å². The van der Waals surface area contributed by atoms with Gasteiger partial charge < -0.3 is 5.32 Å². The monoisotopic (exact) mass is 341 g/mol. The number of aryl methyl sites for hydroxylation is 2. The molecule has 3 nitrogen and oxygen atoms in total. The summed E-state index contributed by atoms with van der Waals surface area (Å²) in [5.74, 6) is 1.04. The van der Waals surface area contributed by atoms with E-state index in [1.807, 2.05) is 16.8 Å². The molecule has 16 heavy (non-hydrogen) atoms. The van der Waals surface area contributed by atoms with Crippen LogP contribution in [0.15, 0.2) is 33.3 Å². The zero-order valence-corrected chi connectivity index (χ0v) is 11.5. The molecule has 0 atom stereocenters. The summed E-state index contributed by atoms with van der Waals surface area (Å²) in [6.45, 7) is 0.900. The Bertz CT molecular complexity index is 548. The van der Waals surface area contributed by atoms with Crippen LogP contribution in [0.3, 0.4) is 0 Å². The van der Waals surface area contributed by atoms with Gasteiger partial charge in [0.05, 0.1) is 0 Å². The zero-order valence-electron chi connectivity index (χ0n) is 8.37. The zero-order chi connectivity index (χ0) is 11.1. The average Bonchev–Trinajstić information content (AvgIpc) is 2.51. The predicted molar refractivity (Wildman–Crippen MR) is 71.1 cm³/mol. The van der Waals surface area contributed by atoms with Crippen LogP contribution in [0.25, 0.3) is 0 Å². The maximum absolute atomic E-state index is 4.38. The van der Waals surface area contributed by atoms with E-state index in [0.717, 1.165) is 33.5 Å². The largest absolute Gasteiger partial charge is 0.340 e. The minimum absolute atomic E-state index is 0.871. The molecule has 2 aromatic rings. The number of fused-ring (bicyclic) bond motifs is 2. The number of nitrogens with one attached hydrogen (secondary N) is 1. The lowest BCUT2D eigenvalue weighted by Crippen LogP contribution is -2.02. The third kappa shape index (κ3) is 1.78. The van der Waals surface area contributed by atoms with Crippen LogP contribution >= 0.6 is 31.9 Å². The summed E-state index contributed by atoms with van der Waals surface area (Å²) in [4.78, 5) is 0. The Morgan fingerprint density at radius 1 is 1.25 bits per heavy atom. The van der Waals surface area contributed by atoms with E-state index in [4.69, 9.17) is 0 Å². The number of nitrogens with zero attached hydrogens (tertiary/aromatic N) is 2. The van der Waals surface area contributed by atoms with E-state index in [0.29, 0.717) is 0 Å². The van der Waals surface area contributed by atoms with Crippen LogP contribution in [-0.2, 0) is 13.0 Å². The second-order valence-electron chi connectivity index (χ2n) is 3.75. The standard InChI is InChI=1S/C11H9Br2N3/c12-8-1-2-9-7(5-8)3-4-16-11(14-9)6-10(13)15-16/h1-2,5-6,14H,3-4H2. The first-order valence-corrected chi connectivity index (χ1v) is 6.60. The summed E-state index contributed by atoms with van der Waals surface area (Å²) >= 11 is 6.89. The van der Waals surface area contributed by atoms with Gasteiger partial charge in [-0.25, -0.2) is 4.68 Å². The lowest BCUT2D eigenvalue weighted by atomic mass is 10.1. The van der Waals surface area contributed by atoms with Gasteiger partial charge in [-0.3, -0.25) is 0 Å². The summed E-state index contributed by atoms with van der Waals surface area (Å²) in [6, 6.07) is 8.30. The number of aromatic nitrogens is 2. The predicted octanol–water partition coefficient (Wildman–Crippen LogP) is 3.71. The Labute approximate surface area is 110 Å². The molecule has 0 fully saturated rings. The first-order valence-electron chi connectivity index (χ1n) is 5.01. The number of halogens is 2. The first kappa shape index (κ1) is 10.4. The van der Waals surface area contributed by atoms with Crippen molar-refractivity contribution < 1.29 is 0 Å². The van der Waals surface area contributed by atoms with Crippen LogP contribution in [0.2, 0.25) is 0 Å². The van der Waals surface area contributed by atoms with E-state index in [1.54, 1.807) is 0 Å². The topological polar surface area (TPSA) is 29.9 Å². The molecule has 1 N–H and O–H groups in total. The Balaban J connectivity index is 2.07. The van der Waals surface area contributed by atoms with Gasteiger partial charge >= 0.3 is 0 Å². The maximum Gasteiger partial charge on any atom is 0.130 e. The number of benzene rings is 1. The van der Waals surface area contributed by atoms with Crippen LogP contribution in [0, 0.1) is 0 Å². The summed E-state index contributed by atoms with van der Waals surface area (Å²) in [5, 5.41) is 7.78. The van der Waals surface area contributed by atoms with Crippen molar-refractivity contribution in [2.24, 2.45) is 0 Å². The minimum Gasteiger partial charge on any atom is -0.340 e. The highest BCUT2D eigenvalue weighted by Crippen LogP contribution is 2.29. The first-order chi connectivity index (χ1) is 7.72. The third-order valence-electron chi connectivity index (χ3n) is 2.67. The molecule has 0 spiro atoms. The van der Waals surface area contributed by atoms with Gasteiger partial charge in [-0.1, -0.05) is 15.9 Å².